The molecule has 0 aromatic carbocycles. The lowest BCUT2D eigenvalue weighted by atomic mass is 10.0. The van der Waals surface area contributed by atoms with Gasteiger partial charge < -0.3 is 20.5 Å². The maximum Gasteiger partial charge on any atom is 0.324 e. The Morgan fingerprint density at radius 1 is 1.22 bits per heavy atom. The van der Waals surface area contributed by atoms with Crippen molar-refractivity contribution in [1.29, 1.82) is 0 Å². The molecule has 0 spiro atoms. The number of hydrogen-bond acceptors (Lipinski definition) is 7. The lowest BCUT2D eigenvalue weighted by molar-refractivity contribution is -0.118. The third-order valence-electron chi connectivity index (χ3n) is 2.03. The third-order valence-corrected chi connectivity index (χ3v) is 2.03. The summed E-state index contributed by atoms with van der Waals surface area (Å²) >= 11 is 0. The lowest BCUT2D eigenvalue weighted by Crippen LogP contribution is -2.36. The molecule has 1 amide bonds. The van der Waals surface area contributed by atoms with Crippen molar-refractivity contribution in [3.8, 4) is 12.0 Å². The Bertz CT molecular complexity index is 413. The van der Waals surface area contributed by atoms with Crippen molar-refractivity contribution in [3.05, 3.63) is 0 Å². The number of aromatic nitrogens is 3. The molecule has 0 aliphatic carbocycles. The van der Waals surface area contributed by atoms with Crippen molar-refractivity contribution in [2.24, 2.45) is 5.73 Å². The first-order valence-corrected chi connectivity index (χ1v) is 5.27. The largest absolute Gasteiger partial charge is 0.467 e. The van der Waals surface area contributed by atoms with Crippen LogP contribution in [0.15, 0.2) is 0 Å². The molecule has 0 unspecified atom stereocenters. The molecule has 0 fully saturated rings. The molecule has 0 atom stereocenters. The summed E-state index contributed by atoms with van der Waals surface area (Å²) in [6.07, 6.45) is 0.142. The van der Waals surface area contributed by atoms with Crippen LogP contribution in [-0.4, -0.2) is 40.6 Å². The molecule has 0 radical (unpaired) electrons. The quantitative estimate of drug-likeness (QED) is 0.733. The second-order valence-electron chi connectivity index (χ2n) is 4.28. The van der Waals surface area contributed by atoms with Gasteiger partial charge in [0.25, 0.3) is 0 Å². The summed E-state index contributed by atoms with van der Waals surface area (Å²) in [4.78, 5) is 22.8. The molecule has 8 nitrogen and oxygen atoms in total. The van der Waals surface area contributed by atoms with Gasteiger partial charge in [0.15, 0.2) is 0 Å². The topological polar surface area (TPSA) is 112 Å². The van der Waals surface area contributed by atoms with Gasteiger partial charge in [0.1, 0.15) is 0 Å². The van der Waals surface area contributed by atoms with E-state index in [-0.39, 0.29) is 24.4 Å². The first-order valence-electron chi connectivity index (χ1n) is 5.27. The SMILES string of the molecule is COc1nc(NC(C)(C)CC(N)=O)nc(OC)n1. The average molecular weight is 255 g/mol. The molecule has 18 heavy (non-hydrogen) atoms. The van der Waals surface area contributed by atoms with Crippen molar-refractivity contribution >= 4 is 11.9 Å². The normalized spacial score (nSPS) is 10.9. The van der Waals surface area contributed by atoms with E-state index in [1.807, 2.05) is 0 Å². The summed E-state index contributed by atoms with van der Waals surface area (Å²) in [6.45, 7) is 3.61. The van der Waals surface area contributed by atoms with Gasteiger partial charge in [-0.25, -0.2) is 0 Å². The summed E-state index contributed by atoms with van der Waals surface area (Å²) in [6, 6.07) is 0.249. The molecule has 8 heteroatoms. The fourth-order valence-corrected chi connectivity index (χ4v) is 1.36. The first kappa shape index (κ1) is 13.9. The fourth-order valence-electron chi connectivity index (χ4n) is 1.36. The highest BCUT2D eigenvalue weighted by atomic mass is 16.5. The van der Waals surface area contributed by atoms with Crippen LogP contribution >= 0.6 is 0 Å². The average Bonchev–Trinajstić information content (AvgIpc) is 2.25. The van der Waals surface area contributed by atoms with Gasteiger partial charge >= 0.3 is 12.0 Å². The number of carbonyl (C=O) groups excluding carboxylic acids is 1. The number of nitrogens with two attached hydrogens (primary N) is 1. The molecule has 1 heterocycles. The highest BCUT2D eigenvalue weighted by Crippen LogP contribution is 2.18. The van der Waals surface area contributed by atoms with E-state index in [1.54, 1.807) is 13.8 Å². The van der Waals surface area contributed by atoms with Gasteiger partial charge in [-0.1, -0.05) is 0 Å². The van der Waals surface area contributed by atoms with Crippen molar-refractivity contribution in [2.75, 3.05) is 19.5 Å². The number of nitrogens with one attached hydrogen (secondary N) is 1. The van der Waals surface area contributed by atoms with Crippen LogP contribution in [0.5, 0.6) is 12.0 Å². The Morgan fingerprint density at radius 3 is 2.11 bits per heavy atom. The number of anilines is 1. The summed E-state index contributed by atoms with van der Waals surface area (Å²) in [5.74, 6) is -0.162. The Labute approximate surface area is 105 Å². The number of carbonyl (C=O) groups is 1. The minimum absolute atomic E-state index is 0.124. The monoisotopic (exact) mass is 255 g/mol. The van der Waals surface area contributed by atoms with E-state index < -0.39 is 11.4 Å². The van der Waals surface area contributed by atoms with Crippen molar-refractivity contribution in [3.63, 3.8) is 0 Å². The second kappa shape index (κ2) is 5.48. The van der Waals surface area contributed by atoms with E-state index in [0.717, 1.165) is 0 Å². The molecule has 3 N–H and O–H groups in total. The minimum atomic E-state index is -0.580. The van der Waals surface area contributed by atoms with E-state index in [2.05, 4.69) is 20.3 Å². The first-order chi connectivity index (χ1) is 8.36. The van der Waals surface area contributed by atoms with Crippen LogP contribution in [0.3, 0.4) is 0 Å². The van der Waals surface area contributed by atoms with Gasteiger partial charge in [0, 0.05) is 12.0 Å². The zero-order chi connectivity index (χ0) is 13.8. The molecule has 0 saturated carbocycles. The predicted molar refractivity (Wildman–Crippen MR) is 64.4 cm³/mol. The fraction of sp³-hybridized carbons (Fsp3) is 0.600. The van der Waals surface area contributed by atoms with Crippen LogP contribution < -0.4 is 20.5 Å². The van der Waals surface area contributed by atoms with Crippen LogP contribution in [0.4, 0.5) is 5.95 Å². The number of rotatable bonds is 6. The molecule has 0 bridgehead atoms. The molecule has 100 valence electrons. The van der Waals surface area contributed by atoms with E-state index in [4.69, 9.17) is 15.2 Å². The van der Waals surface area contributed by atoms with E-state index in [1.165, 1.54) is 14.2 Å². The maximum atomic E-state index is 10.9. The van der Waals surface area contributed by atoms with E-state index in [0.29, 0.717) is 0 Å². The number of primary amides is 1. The third kappa shape index (κ3) is 4.04. The molecule has 1 aromatic heterocycles. The van der Waals surface area contributed by atoms with Crippen LogP contribution in [0, 0.1) is 0 Å². The maximum absolute atomic E-state index is 10.9. The van der Waals surface area contributed by atoms with Gasteiger partial charge in [0.2, 0.25) is 11.9 Å². The Morgan fingerprint density at radius 2 is 1.72 bits per heavy atom. The summed E-state index contributed by atoms with van der Waals surface area (Å²) in [5.41, 5.74) is 4.58. The summed E-state index contributed by atoms with van der Waals surface area (Å²) in [5, 5.41) is 2.98. The molecular formula is C10H17N5O3. The molecule has 0 aliphatic heterocycles. The molecular weight excluding hydrogens is 238 g/mol. The van der Waals surface area contributed by atoms with Crippen LogP contribution in [0.25, 0.3) is 0 Å². The highest BCUT2D eigenvalue weighted by molar-refractivity contribution is 5.75. The van der Waals surface area contributed by atoms with Crippen molar-refractivity contribution in [2.45, 2.75) is 25.8 Å². The Kier molecular flexibility index (Phi) is 4.24. The Balaban J connectivity index is 2.92. The highest BCUT2D eigenvalue weighted by Gasteiger charge is 2.22. The number of amides is 1. The van der Waals surface area contributed by atoms with E-state index >= 15 is 0 Å². The lowest BCUT2D eigenvalue weighted by Gasteiger charge is -2.24. The van der Waals surface area contributed by atoms with Gasteiger partial charge in [-0.15, -0.1) is 4.98 Å². The van der Waals surface area contributed by atoms with E-state index in [9.17, 15) is 4.79 Å². The number of methoxy groups -OCH3 is 2. The van der Waals surface area contributed by atoms with Crippen LogP contribution in [-0.2, 0) is 4.79 Å². The van der Waals surface area contributed by atoms with Gasteiger partial charge in [-0.05, 0) is 13.8 Å². The standard InChI is InChI=1S/C10H17N5O3/c1-10(2,5-6(11)16)15-7-12-8(17-3)14-9(13-7)18-4/h5H2,1-4H3,(H2,11,16)(H,12,13,14,15). The minimum Gasteiger partial charge on any atom is -0.467 e. The molecule has 1 rings (SSSR count). The van der Waals surface area contributed by atoms with Crippen molar-refractivity contribution < 1.29 is 14.3 Å². The van der Waals surface area contributed by atoms with Crippen LogP contribution in [0.2, 0.25) is 0 Å². The molecule has 1 aromatic rings. The van der Waals surface area contributed by atoms with Crippen molar-refractivity contribution in [1.82, 2.24) is 15.0 Å². The molecule has 0 saturated heterocycles. The van der Waals surface area contributed by atoms with Crippen LogP contribution in [0.1, 0.15) is 20.3 Å². The second-order valence-corrected chi connectivity index (χ2v) is 4.28. The molecule has 0 aliphatic rings. The number of ether oxygens (including phenoxy) is 2. The zero-order valence-electron chi connectivity index (χ0n) is 10.9. The zero-order valence-corrected chi connectivity index (χ0v) is 10.9. The predicted octanol–water partition coefficient (Wildman–Crippen LogP) is -0.0453. The number of nitrogens with zero attached hydrogens (tertiary/aromatic N) is 3. The Hall–Kier alpha value is -2.12. The smallest absolute Gasteiger partial charge is 0.324 e. The van der Waals surface area contributed by atoms with Gasteiger partial charge in [0.05, 0.1) is 14.2 Å². The summed E-state index contributed by atoms with van der Waals surface area (Å²) in [7, 11) is 2.88. The van der Waals surface area contributed by atoms with Gasteiger partial charge in [-0.3, -0.25) is 4.79 Å². The number of hydrogen-bond donors (Lipinski definition) is 2. The summed E-state index contributed by atoms with van der Waals surface area (Å²) < 4.78 is 9.84. The van der Waals surface area contributed by atoms with Gasteiger partial charge in [-0.2, -0.15) is 9.97 Å².